The summed E-state index contributed by atoms with van der Waals surface area (Å²) in [5.41, 5.74) is 0. The van der Waals surface area contributed by atoms with E-state index in [0.717, 1.165) is 0 Å². The van der Waals surface area contributed by atoms with Crippen molar-refractivity contribution in [3.05, 3.63) is 0 Å². The topological polar surface area (TPSA) is 0 Å². The second-order valence-corrected chi connectivity index (χ2v) is 8.83. The summed E-state index contributed by atoms with van der Waals surface area (Å²) < 4.78 is -0.0249. The monoisotopic (exact) mass is 384 g/mol. The first kappa shape index (κ1) is 10.9. The van der Waals surface area contributed by atoms with E-state index in [1.807, 2.05) is 0 Å². The van der Waals surface area contributed by atoms with E-state index in [4.69, 9.17) is 0 Å². The van der Waals surface area contributed by atoms with E-state index >= 15 is 0 Å². The van der Waals surface area contributed by atoms with Crippen LogP contribution < -0.4 is 0 Å². The molecule has 0 bridgehead atoms. The summed E-state index contributed by atoms with van der Waals surface area (Å²) in [4.78, 5) is 0.825. The fourth-order valence-corrected chi connectivity index (χ4v) is 2.43. The lowest BCUT2D eigenvalue weighted by atomic mass is 10.3. The van der Waals surface area contributed by atoms with E-state index in [9.17, 15) is 0 Å². The van der Waals surface area contributed by atoms with E-state index in [2.05, 4.69) is 77.6 Å². The summed E-state index contributed by atoms with van der Waals surface area (Å²) in [5, 5.41) is 0. The lowest BCUT2D eigenvalue weighted by Gasteiger charge is -2.23. The van der Waals surface area contributed by atoms with Gasteiger partial charge in [0.05, 0.1) is 8.06 Å². The highest BCUT2D eigenvalue weighted by Crippen LogP contribution is 2.37. The molecular formula is C5H8Br4. The van der Waals surface area contributed by atoms with Gasteiger partial charge in [-0.05, 0) is 6.92 Å². The molecule has 4 heteroatoms. The average molecular weight is 388 g/mol. The first-order chi connectivity index (χ1) is 3.85. The molecule has 0 nitrogen and oxygen atoms in total. The van der Waals surface area contributed by atoms with Gasteiger partial charge in [0.25, 0.3) is 0 Å². The summed E-state index contributed by atoms with van der Waals surface area (Å²) >= 11 is 14.0. The summed E-state index contributed by atoms with van der Waals surface area (Å²) in [7, 11) is 0. The van der Waals surface area contributed by atoms with Crippen LogP contribution in [0.15, 0.2) is 0 Å². The molecule has 0 heterocycles. The average Bonchev–Trinajstić information content (AvgIpc) is 1.62. The second kappa shape index (κ2) is 4.07. The van der Waals surface area contributed by atoms with Gasteiger partial charge in [0.1, 0.15) is 0 Å². The Bertz CT molecular complexity index is 83.4. The van der Waals surface area contributed by atoms with Gasteiger partial charge in [-0.25, -0.2) is 0 Å². The third-order valence-corrected chi connectivity index (χ3v) is 6.05. The molecule has 2 atom stereocenters. The van der Waals surface area contributed by atoms with E-state index in [1.165, 1.54) is 0 Å². The Morgan fingerprint density at radius 2 is 1.56 bits per heavy atom. The van der Waals surface area contributed by atoms with Crippen LogP contribution in [0, 0.1) is 0 Å². The van der Waals surface area contributed by atoms with E-state index in [0.29, 0.717) is 9.65 Å². The van der Waals surface area contributed by atoms with Crippen molar-refractivity contribution in [1.29, 1.82) is 0 Å². The van der Waals surface area contributed by atoms with Crippen LogP contribution >= 0.6 is 63.7 Å². The molecule has 0 spiro atoms. The van der Waals surface area contributed by atoms with Crippen molar-refractivity contribution < 1.29 is 0 Å². The molecule has 56 valence electrons. The summed E-state index contributed by atoms with van der Waals surface area (Å²) in [6.45, 7) is 4.16. The van der Waals surface area contributed by atoms with Gasteiger partial charge in [0.15, 0.2) is 0 Å². The van der Waals surface area contributed by atoms with Crippen molar-refractivity contribution in [2.45, 2.75) is 26.7 Å². The fourth-order valence-electron chi connectivity index (χ4n) is 0.403. The van der Waals surface area contributed by atoms with Gasteiger partial charge in [0.2, 0.25) is 0 Å². The predicted molar refractivity (Wildman–Crippen MR) is 57.4 cm³/mol. The van der Waals surface area contributed by atoms with Gasteiger partial charge >= 0.3 is 0 Å². The largest absolute Gasteiger partial charge is 0.0912 e. The van der Waals surface area contributed by atoms with Gasteiger partial charge in [-0.15, -0.1) is 0 Å². The standard InChI is InChI=1S/C5H8Br4/c1-3(6)4(7)5(2,8)9/h3-4H,1-2H3. The highest BCUT2D eigenvalue weighted by atomic mass is 79.9. The van der Waals surface area contributed by atoms with Crippen molar-refractivity contribution in [2.75, 3.05) is 0 Å². The minimum Gasteiger partial charge on any atom is -0.0881 e. The Morgan fingerprint density at radius 1 is 1.22 bits per heavy atom. The Labute approximate surface area is 89.7 Å². The van der Waals surface area contributed by atoms with E-state index in [-0.39, 0.29) is 3.23 Å². The number of rotatable bonds is 2. The zero-order valence-electron chi connectivity index (χ0n) is 5.17. The molecule has 0 aromatic heterocycles. The third-order valence-electron chi connectivity index (χ3n) is 0.888. The summed E-state index contributed by atoms with van der Waals surface area (Å²) in [6, 6.07) is 0. The molecule has 2 unspecified atom stereocenters. The molecule has 0 aromatic rings. The number of hydrogen-bond acceptors (Lipinski definition) is 0. The van der Waals surface area contributed by atoms with Crippen molar-refractivity contribution in [3.8, 4) is 0 Å². The Kier molecular flexibility index (Phi) is 4.94. The van der Waals surface area contributed by atoms with Crippen LogP contribution in [-0.4, -0.2) is 12.9 Å². The molecule has 0 fully saturated rings. The molecule has 0 aliphatic heterocycles. The molecule has 0 saturated carbocycles. The molecule has 0 aliphatic rings. The Hall–Kier alpha value is 1.92. The Balaban J connectivity index is 3.88. The number of alkyl halides is 4. The zero-order chi connectivity index (χ0) is 7.65. The molecule has 0 aliphatic carbocycles. The van der Waals surface area contributed by atoms with Crippen molar-refractivity contribution in [2.24, 2.45) is 0 Å². The van der Waals surface area contributed by atoms with Gasteiger partial charge in [-0.3, -0.25) is 0 Å². The molecule has 0 aromatic carbocycles. The van der Waals surface area contributed by atoms with Crippen molar-refractivity contribution in [3.63, 3.8) is 0 Å². The molecule has 0 saturated heterocycles. The van der Waals surface area contributed by atoms with Crippen LogP contribution in [0.4, 0.5) is 0 Å². The van der Waals surface area contributed by atoms with Crippen LogP contribution in [0.5, 0.6) is 0 Å². The third kappa shape index (κ3) is 4.38. The van der Waals surface area contributed by atoms with Crippen molar-refractivity contribution >= 4 is 63.7 Å². The van der Waals surface area contributed by atoms with Gasteiger partial charge in [-0.2, -0.15) is 0 Å². The molecule has 0 N–H and O–H groups in total. The summed E-state index contributed by atoms with van der Waals surface area (Å²) in [5.74, 6) is 0. The van der Waals surface area contributed by atoms with Crippen molar-refractivity contribution in [1.82, 2.24) is 0 Å². The van der Waals surface area contributed by atoms with E-state index in [1.54, 1.807) is 0 Å². The predicted octanol–water partition coefficient (Wildman–Crippen LogP) is 4.04. The highest BCUT2D eigenvalue weighted by molar-refractivity contribution is 9.26. The quantitative estimate of drug-likeness (QED) is 0.627. The van der Waals surface area contributed by atoms with Crippen LogP contribution in [0.2, 0.25) is 0 Å². The Morgan fingerprint density at radius 3 is 1.56 bits per heavy atom. The lowest BCUT2D eigenvalue weighted by Crippen LogP contribution is -2.27. The maximum absolute atomic E-state index is 3.52. The van der Waals surface area contributed by atoms with Crippen LogP contribution in [0.3, 0.4) is 0 Å². The fraction of sp³-hybridized carbons (Fsp3) is 1.00. The van der Waals surface area contributed by atoms with Crippen LogP contribution in [-0.2, 0) is 0 Å². The highest BCUT2D eigenvalue weighted by Gasteiger charge is 2.29. The van der Waals surface area contributed by atoms with Crippen LogP contribution in [0.1, 0.15) is 13.8 Å². The molecular weight excluding hydrogens is 380 g/mol. The van der Waals surface area contributed by atoms with Crippen LogP contribution in [0.25, 0.3) is 0 Å². The smallest absolute Gasteiger partial charge is 0.0881 e. The summed E-state index contributed by atoms with van der Waals surface area (Å²) in [6.07, 6.45) is 0. The molecule has 0 radical (unpaired) electrons. The molecule has 9 heavy (non-hydrogen) atoms. The number of hydrogen-bond donors (Lipinski definition) is 0. The first-order valence-corrected chi connectivity index (χ1v) is 5.93. The maximum atomic E-state index is 3.52. The van der Waals surface area contributed by atoms with E-state index < -0.39 is 0 Å². The molecule has 0 rings (SSSR count). The first-order valence-electron chi connectivity index (χ1n) is 2.51. The van der Waals surface area contributed by atoms with Gasteiger partial charge in [0, 0.05) is 4.83 Å². The minimum atomic E-state index is -0.0249. The normalized spacial score (nSPS) is 19.3. The SMILES string of the molecule is CC(Br)C(Br)C(C)(Br)Br. The lowest BCUT2D eigenvalue weighted by molar-refractivity contribution is 0.826. The minimum absolute atomic E-state index is 0.0249. The van der Waals surface area contributed by atoms with Gasteiger partial charge < -0.3 is 0 Å². The number of halogens is 4. The van der Waals surface area contributed by atoms with Gasteiger partial charge in [-0.1, -0.05) is 70.6 Å². The molecule has 0 amide bonds. The maximum Gasteiger partial charge on any atom is 0.0912 e. The second-order valence-electron chi connectivity index (χ2n) is 2.04. The zero-order valence-corrected chi connectivity index (χ0v) is 11.5.